The van der Waals surface area contributed by atoms with E-state index in [1.165, 1.54) is 30.1 Å². The summed E-state index contributed by atoms with van der Waals surface area (Å²) in [5.74, 6) is 3.13. The topological polar surface area (TPSA) is 32.6 Å². The molecule has 0 aromatic rings. The molecular weight excluding hydrogens is 242 g/mol. The zero-order valence-corrected chi connectivity index (χ0v) is 13.4. The van der Waals surface area contributed by atoms with Crippen LogP contribution in [0.15, 0.2) is 4.99 Å². The minimum Gasteiger partial charge on any atom is -0.396 e. The van der Waals surface area contributed by atoms with Crippen molar-refractivity contribution >= 4 is 17.5 Å². The zero-order valence-electron chi connectivity index (χ0n) is 12.6. The molecule has 3 heteroatoms. The maximum Gasteiger partial charge on any atom is 0.0471 e. The van der Waals surface area contributed by atoms with E-state index < -0.39 is 0 Å². The van der Waals surface area contributed by atoms with Crippen LogP contribution in [0.5, 0.6) is 0 Å². The predicted molar refractivity (Wildman–Crippen MR) is 84.9 cm³/mol. The number of aliphatic hydroxyl groups is 1. The van der Waals surface area contributed by atoms with Crippen LogP contribution in [0.25, 0.3) is 0 Å². The lowest BCUT2D eigenvalue weighted by Crippen LogP contribution is -2.06. The monoisotopic (exact) mass is 273 g/mol. The molecule has 0 saturated carbocycles. The summed E-state index contributed by atoms with van der Waals surface area (Å²) in [7, 11) is 0. The Morgan fingerprint density at radius 1 is 1.11 bits per heavy atom. The molecular formula is C15H31NOS. The zero-order chi connectivity index (χ0) is 13.8. The first-order valence-electron chi connectivity index (χ1n) is 7.28. The summed E-state index contributed by atoms with van der Waals surface area (Å²) in [6, 6.07) is 0.474. The minimum atomic E-state index is 0.335. The lowest BCUT2D eigenvalue weighted by atomic mass is 10.1. The number of thioether (sulfide) groups is 1. The van der Waals surface area contributed by atoms with Crippen molar-refractivity contribution in [1.29, 1.82) is 0 Å². The minimum absolute atomic E-state index is 0.335. The van der Waals surface area contributed by atoms with E-state index in [4.69, 9.17) is 10.1 Å². The smallest absolute Gasteiger partial charge is 0.0471 e. The fraction of sp³-hybridized carbons (Fsp3) is 0.933. The number of rotatable bonds is 11. The standard InChI is InChI=1S/C15H31NOS/c1-13(2)12-15(4)16-14(3)8-7-11-18-10-6-5-9-17/h13-14,17H,5-12H2,1-4H3. The highest BCUT2D eigenvalue weighted by Crippen LogP contribution is 2.11. The number of aliphatic imine (C=N–C) groups is 1. The Hall–Kier alpha value is -0.0200. The number of hydrogen-bond acceptors (Lipinski definition) is 3. The van der Waals surface area contributed by atoms with Crippen molar-refractivity contribution in [3.05, 3.63) is 0 Å². The maximum atomic E-state index is 8.66. The molecule has 1 N–H and O–H groups in total. The number of nitrogens with zero attached hydrogens (tertiary/aromatic N) is 1. The Balaban J connectivity index is 3.49. The van der Waals surface area contributed by atoms with E-state index in [2.05, 4.69) is 27.7 Å². The van der Waals surface area contributed by atoms with E-state index in [1.807, 2.05) is 11.8 Å². The van der Waals surface area contributed by atoms with Crippen molar-refractivity contribution in [1.82, 2.24) is 0 Å². The van der Waals surface area contributed by atoms with E-state index in [-0.39, 0.29) is 0 Å². The summed E-state index contributed by atoms with van der Waals surface area (Å²) in [4.78, 5) is 4.74. The first-order valence-corrected chi connectivity index (χ1v) is 8.43. The molecule has 1 unspecified atom stereocenters. The van der Waals surface area contributed by atoms with Crippen molar-refractivity contribution in [2.75, 3.05) is 18.1 Å². The average Bonchev–Trinajstić information content (AvgIpc) is 2.26. The van der Waals surface area contributed by atoms with Gasteiger partial charge in [0.05, 0.1) is 0 Å². The summed E-state index contributed by atoms with van der Waals surface area (Å²) in [6.07, 6.45) is 5.66. The number of unbranched alkanes of at least 4 members (excludes halogenated alkanes) is 1. The quantitative estimate of drug-likeness (QED) is 0.453. The van der Waals surface area contributed by atoms with Crippen molar-refractivity contribution in [3.8, 4) is 0 Å². The first-order chi connectivity index (χ1) is 8.56. The molecule has 1 atom stereocenters. The van der Waals surface area contributed by atoms with Gasteiger partial charge in [-0.1, -0.05) is 13.8 Å². The third kappa shape index (κ3) is 12.4. The molecule has 0 fully saturated rings. The van der Waals surface area contributed by atoms with Gasteiger partial charge < -0.3 is 5.11 Å². The summed E-state index contributed by atoms with van der Waals surface area (Å²) >= 11 is 2.01. The molecule has 0 bridgehead atoms. The van der Waals surface area contributed by atoms with Crippen molar-refractivity contribution < 1.29 is 5.11 Å². The van der Waals surface area contributed by atoms with Crippen LogP contribution < -0.4 is 0 Å². The van der Waals surface area contributed by atoms with Crippen LogP contribution in [0.1, 0.15) is 59.8 Å². The van der Waals surface area contributed by atoms with Crippen LogP contribution in [-0.4, -0.2) is 35.0 Å². The van der Waals surface area contributed by atoms with Gasteiger partial charge in [-0.3, -0.25) is 4.99 Å². The second kappa shape index (κ2) is 12.0. The molecule has 0 radical (unpaired) electrons. The van der Waals surface area contributed by atoms with Gasteiger partial charge in [0.15, 0.2) is 0 Å². The van der Waals surface area contributed by atoms with E-state index in [1.54, 1.807) is 0 Å². The van der Waals surface area contributed by atoms with Crippen LogP contribution in [0.3, 0.4) is 0 Å². The maximum absolute atomic E-state index is 8.66. The molecule has 0 aliphatic carbocycles. The predicted octanol–water partition coefficient (Wildman–Crippen LogP) is 4.17. The number of hydrogen-bond donors (Lipinski definition) is 1. The first kappa shape index (κ1) is 18.0. The Morgan fingerprint density at radius 2 is 1.78 bits per heavy atom. The second-order valence-electron chi connectivity index (χ2n) is 5.50. The van der Waals surface area contributed by atoms with Gasteiger partial charge >= 0.3 is 0 Å². The van der Waals surface area contributed by atoms with Crippen molar-refractivity contribution in [2.24, 2.45) is 10.9 Å². The van der Waals surface area contributed by atoms with Crippen LogP contribution in [0.2, 0.25) is 0 Å². The van der Waals surface area contributed by atoms with Crippen molar-refractivity contribution in [3.63, 3.8) is 0 Å². The molecule has 0 aromatic heterocycles. The molecule has 18 heavy (non-hydrogen) atoms. The average molecular weight is 273 g/mol. The van der Waals surface area contributed by atoms with Crippen LogP contribution in [0.4, 0.5) is 0 Å². The van der Waals surface area contributed by atoms with Crippen LogP contribution in [0, 0.1) is 5.92 Å². The van der Waals surface area contributed by atoms with Crippen LogP contribution >= 0.6 is 11.8 Å². The summed E-state index contributed by atoms with van der Waals surface area (Å²) in [5, 5.41) is 8.66. The van der Waals surface area contributed by atoms with Gasteiger partial charge in [0, 0.05) is 18.4 Å². The fourth-order valence-electron chi connectivity index (χ4n) is 1.98. The van der Waals surface area contributed by atoms with E-state index >= 15 is 0 Å². The molecule has 0 saturated heterocycles. The van der Waals surface area contributed by atoms with Crippen molar-refractivity contribution in [2.45, 2.75) is 65.8 Å². The summed E-state index contributed by atoms with van der Waals surface area (Å²) < 4.78 is 0. The Labute approximate surface area is 118 Å². The molecule has 0 spiro atoms. The SMILES string of the molecule is CC(CC(C)C)=NC(C)CCCSCCCCO. The van der Waals surface area contributed by atoms with Gasteiger partial charge in [-0.15, -0.1) is 0 Å². The second-order valence-corrected chi connectivity index (χ2v) is 6.72. The molecule has 0 amide bonds. The summed E-state index contributed by atoms with van der Waals surface area (Å²) in [6.45, 7) is 9.20. The lowest BCUT2D eigenvalue weighted by Gasteiger charge is -2.10. The molecule has 0 aliphatic heterocycles. The third-order valence-corrected chi connectivity index (χ3v) is 3.91. The Kier molecular flexibility index (Phi) is 12.0. The molecule has 0 rings (SSSR count). The highest BCUT2D eigenvalue weighted by Gasteiger charge is 2.02. The van der Waals surface area contributed by atoms with Gasteiger partial charge in [0.2, 0.25) is 0 Å². The molecule has 0 aliphatic rings. The van der Waals surface area contributed by atoms with Gasteiger partial charge in [-0.05, 0) is 63.4 Å². The Bertz CT molecular complexity index is 217. The Morgan fingerprint density at radius 3 is 2.39 bits per heavy atom. The lowest BCUT2D eigenvalue weighted by molar-refractivity contribution is 0.287. The molecule has 108 valence electrons. The molecule has 2 nitrogen and oxygen atoms in total. The van der Waals surface area contributed by atoms with E-state index in [0.717, 1.165) is 19.3 Å². The van der Waals surface area contributed by atoms with Gasteiger partial charge in [0.1, 0.15) is 0 Å². The van der Waals surface area contributed by atoms with E-state index in [0.29, 0.717) is 18.6 Å². The number of aliphatic hydroxyl groups excluding tert-OH is 1. The van der Waals surface area contributed by atoms with Gasteiger partial charge in [-0.2, -0.15) is 11.8 Å². The third-order valence-electron chi connectivity index (χ3n) is 2.75. The highest BCUT2D eigenvalue weighted by atomic mass is 32.2. The van der Waals surface area contributed by atoms with Crippen LogP contribution in [-0.2, 0) is 0 Å². The highest BCUT2D eigenvalue weighted by molar-refractivity contribution is 7.99. The fourth-order valence-corrected chi connectivity index (χ4v) is 2.97. The largest absolute Gasteiger partial charge is 0.396 e. The van der Waals surface area contributed by atoms with Gasteiger partial charge in [-0.25, -0.2) is 0 Å². The van der Waals surface area contributed by atoms with Gasteiger partial charge in [0.25, 0.3) is 0 Å². The molecule has 0 aromatic carbocycles. The summed E-state index contributed by atoms with van der Waals surface area (Å²) in [5.41, 5.74) is 1.30. The molecule has 0 heterocycles. The van der Waals surface area contributed by atoms with E-state index in [9.17, 15) is 0 Å². The normalized spacial score (nSPS) is 14.2.